The molecule has 1 amide bonds. The summed E-state index contributed by atoms with van der Waals surface area (Å²) in [5.41, 5.74) is 4.89. The second-order valence-corrected chi connectivity index (χ2v) is 5.36. The number of carbonyl (C=O) groups is 1. The van der Waals surface area contributed by atoms with Crippen LogP contribution < -0.4 is 11.1 Å². The first-order valence-electron chi connectivity index (χ1n) is 5.97. The minimum absolute atomic E-state index is 0.257. The Bertz CT molecular complexity index is 216. The number of rotatable bonds is 8. The van der Waals surface area contributed by atoms with Gasteiger partial charge in [-0.1, -0.05) is 13.8 Å². The summed E-state index contributed by atoms with van der Waals surface area (Å²) < 4.78 is 0. The van der Waals surface area contributed by atoms with Crippen molar-refractivity contribution in [1.29, 1.82) is 0 Å². The van der Waals surface area contributed by atoms with Gasteiger partial charge in [0.1, 0.15) is 0 Å². The van der Waals surface area contributed by atoms with E-state index in [1.165, 1.54) is 0 Å². The standard InChI is InChI=1S/C12H27N3O/c1-10(2)6-7-12(3,11(13)16)14-8-9-15(4)5/h10,14H,6-9H2,1-5H3,(H2,13,16). The van der Waals surface area contributed by atoms with Crippen molar-refractivity contribution in [3.8, 4) is 0 Å². The highest BCUT2D eigenvalue weighted by atomic mass is 16.1. The number of nitrogens with zero attached hydrogens (tertiary/aromatic N) is 1. The van der Waals surface area contributed by atoms with Crippen LogP contribution in [-0.4, -0.2) is 43.5 Å². The van der Waals surface area contributed by atoms with Crippen molar-refractivity contribution < 1.29 is 4.79 Å². The molecule has 16 heavy (non-hydrogen) atoms. The van der Waals surface area contributed by atoms with E-state index >= 15 is 0 Å². The molecule has 0 aromatic heterocycles. The molecular weight excluding hydrogens is 202 g/mol. The fourth-order valence-electron chi connectivity index (χ4n) is 1.43. The maximum atomic E-state index is 11.5. The highest BCUT2D eigenvalue weighted by molar-refractivity contribution is 5.84. The van der Waals surface area contributed by atoms with Crippen molar-refractivity contribution in [3.05, 3.63) is 0 Å². The molecule has 3 N–H and O–H groups in total. The quantitative estimate of drug-likeness (QED) is 0.648. The van der Waals surface area contributed by atoms with Crippen LogP contribution in [0, 0.1) is 5.92 Å². The predicted molar refractivity (Wildman–Crippen MR) is 68.2 cm³/mol. The van der Waals surface area contributed by atoms with Gasteiger partial charge < -0.3 is 16.0 Å². The second kappa shape index (κ2) is 6.86. The molecule has 0 aliphatic heterocycles. The molecule has 0 aliphatic rings. The number of hydrogen-bond donors (Lipinski definition) is 2. The van der Waals surface area contributed by atoms with E-state index in [9.17, 15) is 4.79 Å². The molecule has 1 atom stereocenters. The zero-order valence-corrected chi connectivity index (χ0v) is 11.3. The Morgan fingerprint density at radius 1 is 1.44 bits per heavy atom. The number of nitrogens with two attached hydrogens (primary N) is 1. The first-order chi connectivity index (χ1) is 7.28. The average molecular weight is 229 g/mol. The summed E-state index contributed by atoms with van der Waals surface area (Å²) in [7, 11) is 4.02. The molecule has 0 heterocycles. The molecule has 0 aliphatic carbocycles. The van der Waals surface area contributed by atoms with Gasteiger partial charge in [-0.05, 0) is 39.8 Å². The predicted octanol–water partition coefficient (Wildman–Crippen LogP) is 0.818. The van der Waals surface area contributed by atoms with Crippen molar-refractivity contribution in [2.75, 3.05) is 27.2 Å². The van der Waals surface area contributed by atoms with Gasteiger partial charge in [0.05, 0.1) is 5.54 Å². The van der Waals surface area contributed by atoms with Crippen molar-refractivity contribution in [2.24, 2.45) is 11.7 Å². The topological polar surface area (TPSA) is 58.4 Å². The van der Waals surface area contributed by atoms with Gasteiger partial charge in [-0.2, -0.15) is 0 Å². The van der Waals surface area contributed by atoms with E-state index in [2.05, 4.69) is 24.1 Å². The van der Waals surface area contributed by atoms with E-state index in [1.807, 2.05) is 21.0 Å². The van der Waals surface area contributed by atoms with Gasteiger partial charge in [-0.3, -0.25) is 4.79 Å². The van der Waals surface area contributed by atoms with Crippen LogP contribution in [0.2, 0.25) is 0 Å². The summed E-state index contributed by atoms with van der Waals surface area (Å²) >= 11 is 0. The monoisotopic (exact) mass is 229 g/mol. The first kappa shape index (κ1) is 15.4. The van der Waals surface area contributed by atoms with E-state index in [0.29, 0.717) is 5.92 Å². The Kier molecular flexibility index (Phi) is 6.60. The molecule has 0 aromatic carbocycles. The van der Waals surface area contributed by atoms with Crippen LogP contribution in [0.25, 0.3) is 0 Å². The fraction of sp³-hybridized carbons (Fsp3) is 0.917. The van der Waals surface area contributed by atoms with E-state index in [1.54, 1.807) is 0 Å². The smallest absolute Gasteiger partial charge is 0.237 e. The highest BCUT2D eigenvalue weighted by Crippen LogP contribution is 2.16. The van der Waals surface area contributed by atoms with Gasteiger partial charge >= 0.3 is 0 Å². The van der Waals surface area contributed by atoms with Crippen molar-refractivity contribution in [2.45, 2.75) is 39.2 Å². The lowest BCUT2D eigenvalue weighted by Crippen LogP contribution is -2.54. The second-order valence-electron chi connectivity index (χ2n) is 5.36. The Hall–Kier alpha value is -0.610. The van der Waals surface area contributed by atoms with Gasteiger partial charge in [0, 0.05) is 13.1 Å². The molecule has 0 aromatic rings. The van der Waals surface area contributed by atoms with Crippen LogP contribution in [0.3, 0.4) is 0 Å². The van der Waals surface area contributed by atoms with Crippen LogP contribution in [0.1, 0.15) is 33.6 Å². The summed E-state index contributed by atoms with van der Waals surface area (Å²) in [6.45, 7) is 7.89. The Morgan fingerprint density at radius 3 is 2.38 bits per heavy atom. The third kappa shape index (κ3) is 6.08. The maximum Gasteiger partial charge on any atom is 0.237 e. The van der Waals surface area contributed by atoms with Crippen molar-refractivity contribution >= 4 is 5.91 Å². The lowest BCUT2D eigenvalue weighted by Gasteiger charge is -2.29. The molecular formula is C12H27N3O. The van der Waals surface area contributed by atoms with E-state index in [4.69, 9.17) is 5.73 Å². The summed E-state index contributed by atoms with van der Waals surface area (Å²) in [5, 5.41) is 3.27. The molecule has 0 saturated heterocycles. The van der Waals surface area contributed by atoms with Crippen LogP contribution in [-0.2, 0) is 4.79 Å². The number of nitrogens with one attached hydrogen (secondary N) is 1. The normalized spacial score (nSPS) is 15.4. The van der Waals surface area contributed by atoms with Crippen LogP contribution in [0.15, 0.2) is 0 Å². The molecule has 4 nitrogen and oxygen atoms in total. The van der Waals surface area contributed by atoms with Gasteiger partial charge in [-0.25, -0.2) is 0 Å². The molecule has 0 bridgehead atoms. The van der Waals surface area contributed by atoms with Crippen LogP contribution >= 0.6 is 0 Å². The number of hydrogen-bond acceptors (Lipinski definition) is 3. The number of primary amides is 1. The number of carbonyl (C=O) groups excluding carboxylic acids is 1. The first-order valence-corrected chi connectivity index (χ1v) is 5.97. The lowest BCUT2D eigenvalue weighted by atomic mass is 9.91. The number of likely N-dealkylation sites (N-methyl/N-ethyl adjacent to an activating group) is 1. The number of amides is 1. The fourth-order valence-corrected chi connectivity index (χ4v) is 1.43. The minimum atomic E-state index is -0.569. The SMILES string of the molecule is CC(C)CCC(C)(NCCN(C)C)C(N)=O. The van der Waals surface area contributed by atoms with Gasteiger partial charge in [0.2, 0.25) is 5.91 Å². The Labute approximate surface area is 99.6 Å². The zero-order chi connectivity index (χ0) is 12.8. The molecule has 4 heteroatoms. The average Bonchev–Trinajstić information content (AvgIpc) is 2.13. The van der Waals surface area contributed by atoms with E-state index < -0.39 is 5.54 Å². The molecule has 0 saturated carbocycles. The summed E-state index contributed by atoms with van der Waals surface area (Å²) in [6.07, 6.45) is 1.81. The summed E-state index contributed by atoms with van der Waals surface area (Å²) in [6, 6.07) is 0. The minimum Gasteiger partial charge on any atom is -0.368 e. The molecule has 0 spiro atoms. The van der Waals surface area contributed by atoms with Crippen molar-refractivity contribution in [1.82, 2.24) is 10.2 Å². The van der Waals surface area contributed by atoms with Crippen LogP contribution in [0.4, 0.5) is 0 Å². The lowest BCUT2D eigenvalue weighted by molar-refractivity contribution is -0.124. The highest BCUT2D eigenvalue weighted by Gasteiger charge is 2.29. The molecule has 0 rings (SSSR count). The van der Waals surface area contributed by atoms with Crippen molar-refractivity contribution in [3.63, 3.8) is 0 Å². The van der Waals surface area contributed by atoms with E-state index in [-0.39, 0.29) is 5.91 Å². The third-order valence-electron chi connectivity index (χ3n) is 2.84. The largest absolute Gasteiger partial charge is 0.368 e. The molecule has 96 valence electrons. The summed E-state index contributed by atoms with van der Waals surface area (Å²) in [5.74, 6) is 0.334. The van der Waals surface area contributed by atoms with Crippen LogP contribution in [0.5, 0.6) is 0 Å². The Morgan fingerprint density at radius 2 is 2.00 bits per heavy atom. The Balaban J connectivity index is 4.17. The van der Waals surface area contributed by atoms with E-state index in [0.717, 1.165) is 25.9 Å². The molecule has 0 radical (unpaired) electrons. The van der Waals surface area contributed by atoms with Gasteiger partial charge in [0.15, 0.2) is 0 Å². The molecule has 1 unspecified atom stereocenters. The summed E-state index contributed by atoms with van der Waals surface area (Å²) in [4.78, 5) is 13.5. The van der Waals surface area contributed by atoms with Gasteiger partial charge in [0.25, 0.3) is 0 Å². The van der Waals surface area contributed by atoms with Gasteiger partial charge in [-0.15, -0.1) is 0 Å². The maximum absolute atomic E-state index is 11.5. The molecule has 0 fully saturated rings. The zero-order valence-electron chi connectivity index (χ0n) is 11.3. The third-order valence-corrected chi connectivity index (χ3v) is 2.84.